The van der Waals surface area contributed by atoms with Gasteiger partial charge in [-0.15, -0.1) is 11.8 Å². The minimum Gasteiger partial charge on any atom is -0.375 e. The smallest absolute Gasteiger partial charge is 0.282 e. The maximum atomic E-state index is 10.8. The van der Waals surface area contributed by atoms with E-state index in [0.717, 1.165) is 18.8 Å². The molecule has 1 N–H and O–H groups in total. The third kappa shape index (κ3) is 3.42. The van der Waals surface area contributed by atoms with Crippen LogP contribution >= 0.6 is 11.8 Å². The Morgan fingerprint density at radius 3 is 3.06 bits per heavy atom. The molecule has 1 aliphatic rings. The molecule has 5 nitrogen and oxygen atoms in total. The molecule has 1 heterocycles. The average molecular weight is 254 g/mol. The molecule has 1 saturated heterocycles. The van der Waals surface area contributed by atoms with Crippen molar-refractivity contribution in [1.29, 1.82) is 0 Å². The van der Waals surface area contributed by atoms with E-state index in [-0.39, 0.29) is 16.7 Å². The van der Waals surface area contributed by atoms with Crippen LogP contribution in [0.15, 0.2) is 29.2 Å². The van der Waals surface area contributed by atoms with Crippen molar-refractivity contribution in [1.82, 2.24) is 5.32 Å². The number of nitro benzene ring substituents is 1. The van der Waals surface area contributed by atoms with Crippen molar-refractivity contribution in [2.45, 2.75) is 11.0 Å². The first-order chi connectivity index (χ1) is 8.27. The Morgan fingerprint density at radius 1 is 1.53 bits per heavy atom. The Labute approximate surface area is 104 Å². The number of ether oxygens (including phenoxy) is 1. The number of hydrogen-bond donors (Lipinski definition) is 1. The molecule has 1 aliphatic heterocycles. The molecule has 1 fully saturated rings. The van der Waals surface area contributed by atoms with E-state index in [1.54, 1.807) is 12.1 Å². The molecule has 6 heteroatoms. The summed E-state index contributed by atoms with van der Waals surface area (Å²) in [5.41, 5.74) is 0.168. The second kappa shape index (κ2) is 6.00. The summed E-state index contributed by atoms with van der Waals surface area (Å²) in [4.78, 5) is 11.2. The topological polar surface area (TPSA) is 64.4 Å². The van der Waals surface area contributed by atoms with Gasteiger partial charge in [0.2, 0.25) is 0 Å². The number of nitro groups is 1. The monoisotopic (exact) mass is 254 g/mol. The van der Waals surface area contributed by atoms with E-state index in [1.165, 1.54) is 17.8 Å². The Morgan fingerprint density at radius 2 is 2.35 bits per heavy atom. The van der Waals surface area contributed by atoms with Gasteiger partial charge in [0.05, 0.1) is 22.5 Å². The molecule has 0 bridgehead atoms. The molecule has 0 spiro atoms. The van der Waals surface area contributed by atoms with E-state index >= 15 is 0 Å². The zero-order chi connectivity index (χ0) is 12.1. The van der Waals surface area contributed by atoms with Gasteiger partial charge in [-0.2, -0.15) is 0 Å². The number of para-hydroxylation sites is 1. The van der Waals surface area contributed by atoms with Crippen LogP contribution in [0.3, 0.4) is 0 Å². The first-order valence-corrected chi connectivity index (χ1v) is 6.44. The molecule has 17 heavy (non-hydrogen) atoms. The summed E-state index contributed by atoms with van der Waals surface area (Å²) in [6.07, 6.45) is 0.133. The predicted octanol–water partition coefficient (Wildman–Crippen LogP) is 1.68. The van der Waals surface area contributed by atoms with Crippen molar-refractivity contribution in [3.8, 4) is 0 Å². The fourth-order valence-electron chi connectivity index (χ4n) is 1.64. The number of nitrogens with zero attached hydrogens (tertiary/aromatic N) is 1. The minimum absolute atomic E-state index is 0.133. The summed E-state index contributed by atoms with van der Waals surface area (Å²) in [7, 11) is 0. The Kier molecular flexibility index (Phi) is 4.36. The summed E-state index contributed by atoms with van der Waals surface area (Å²) in [6.45, 7) is 2.41. The zero-order valence-corrected chi connectivity index (χ0v) is 10.1. The largest absolute Gasteiger partial charge is 0.375 e. The maximum Gasteiger partial charge on any atom is 0.282 e. The highest BCUT2D eigenvalue weighted by atomic mass is 32.2. The molecule has 0 amide bonds. The maximum absolute atomic E-state index is 10.8. The Balaban J connectivity index is 1.96. The van der Waals surface area contributed by atoms with E-state index in [1.807, 2.05) is 6.07 Å². The van der Waals surface area contributed by atoms with E-state index in [9.17, 15) is 10.1 Å². The number of rotatable bonds is 4. The fraction of sp³-hybridized carbons (Fsp3) is 0.455. The molecule has 1 atom stereocenters. The number of benzene rings is 1. The molecule has 0 radical (unpaired) electrons. The normalized spacial score (nSPS) is 20.1. The van der Waals surface area contributed by atoms with Crippen LogP contribution in [0.1, 0.15) is 0 Å². The Hall–Kier alpha value is -1.11. The van der Waals surface area contributed by atoms with Gasteiger partial charge in [0, 0.05) is 24.9 Å². The van der Waals surface area contributed by atoms with E-state index in [0.29, 0.717) is 11.5 Å². The van der Waals surface area contributed by atoms with Gasteiger partial charge in [-0.1, -0.05) is 12.1 Å². The molecular weight excluding hydrogens is 240 g/mol. The molecule has 1 aromatic rings. The van der Waals surface area contributed by atoms with Crippen LogP contribution in [-0.4, -0.2) is 36.5 Å². The highest BCUT2D eigenvalue weighted by Crippen LogP contribution is 2.29. The first-order valence-electron chi connectivity index (χ1n) is 5.46. The lowest BCUT2D eigenvalue weighted by molar-refractivity contribution is -0.387. The quantitative estimate of drug-likeness (QED) is 0.503. The molecule has 0 saturated carbocycles. The van der Waals surface area contributed by atoms with Gasteiger partial charge in [-0.05, 0) is 6.07 Å². The third-order valence-electron chi connectivity index (χ3n) is 2.49. The summed E-state index contributed by atoms with van der Waals surface area (Å²) in [5, 5.41) is 14.1. The van der Waals surface area contributed by atoms with Crippen molar-refractivity contribution in [2.24, 2.45) is 0 Å². The zero-order valence-electron chi connectivity index (χ0n) is 9.30. The van der Waals surface area contributed by atoms with Gasteiger partial charge in [0.1, 0.15) is 0 Å². The van der Waals surface area contributed by atoms with Gasteiger partial charge in [-0.3, -0.25) is 10.1 Å². The first kappa shape index (κ1) is 12.3. The van der Waals surface area contributed by atoms with Gasteiger partial charge in [-0.25, -0.2) is 0 Å². The van der Waals surface area contributed by atoms with Crippen molar-refractivity contribution in [2.75, 3.05) is 25.4 Å². The van der Waals surface area contributed by atoms with Crippen LogP contribution in [0.2, 0.25) is 0 Å². The lowest BCUT2D eigenvalue weighted by atomic mass is 10.3. The van der Waals surface area contributed by atoms with Crippen LogP contribution in [0, 0.1) is 10.1 Å². The standard InChI is InChI=1S/C11H14N2O3S/c14-13(15)10-3-1-2-4-11(10)17-8-9-7-12-5-6-16-9/h1-4,9,12H,5-8H2. The van der Waals surface area contributed by atoms with Crippen molar-refractivity contribution in [3.63, 3.8) is 0 Å². The molecule has 0 aromatic heterocycles. The van der Waals surface area contributed by atoms with Gasteiger partial charge < -0.3 is 10.1 Å². The predicted molar refractivity (Wildman–Crippen MR) is 66.4 cm³/mol. The summed E-state index contributed by atoms with van der Waals surface area (Å²) >= 11 is 1.48. The lowest BCUT2D eigenvalue weighted by Gasteiger charge is -2.23. The second-order valence-electron chi connectivity index (χ2n) is 3.73. The van der Waals surface area contributed by atoms with Gasteiger partial charge in [0.15, 0.2) is 0 Å². The van der Waals surface area contributed by atoms with Crippen molar-refractivity contribution in [3.05, 3.63) is 34.4 Å². The molecule has 2 rings (SSSR count). The van der Waals surface area contributed by atoms with Crippen molar-refractivity contribution >= 4 is 17.4 Å². The summed E-state index contributed by atoms with van der Waals surface area (Å²) < 4.78 is 5.55. The molecule has 1 aromatic carbocycles. The van der Waals surface area contributed by atoms with Gasteiger partial charge in [0.25, 0.3) is 5.69 Å². The summed E-state index contributed by atoms with van der Waals surface area (Å²) in [6, 6.07) is 6.80. The van der Waals surface area contributed by atoms with Crippen LogP contribution in [0.25, 0.3) is 0 Å². The van der Waals surface area contributed by atoms with Crippen LogP contribution in [0.4, 0.5) is 5.69 Å². The number of nitrogens with one attached hydrogen (secondary N) is 1. The van der Waals surface area contributed by atoms with Crippen LogP contribution < -0.4 is 5.32 Å². The molecular formula is C11H14N2O3S. The number of hydrogen-bond acceptors (Lipinski definition) is 5. The van der Waals surface area contributed by atoms with Crippen LogP contribution in [0.5, 0.6) is 0 Å². The average Bonchev–Trinajstić information content (AvgIpc) is 2.38. The third-order valence-corrected chi connectivity index (χ3v) is 3.69. The molecule has 92 valence electrons. The highest BCUT2D eigenvalue weighted by Gasteiger charge is 2.17. The minimum atomic E-state index is -0.345. The molecule has 0 aliphatic carbocycles. The molecule has 1 unspecified atom stereocenters. The van der Waals surface area contributed by atoms with Crippen LogP contribution in [-0.2, 0) is 4.74 Å². The highest BCUT2D eigenvalue weighted by molar-refractivity contribution is 7.99. The SMILES string of the molecule is O=[N+]([O-])c1ccccc1SCC1CNCCO1. The van der Waals surface area contributed by atoms with Gasteiger partial charge >= 0.3 is 0 Å². The summed E-state index contributed by atoms with van der Waals surface area (Å²) in [5.74, 6) is 0.734. The fourth-order valence-corrected chi connectivity index (χ4v) is 2.68. The van der Waals surface area contributed by atoms with E-state index in [4.69, 9.17) is 4.74 Å². The number of morpholine rings is 1. The second-order valence-corrected chi connectivity index (χ2v) is 4.79. The lowest BCUT2D eigenvalue weighted by Crippen LogP contribution is -2.39. The van der Waals surface area contributed by atoms with E-state index in [2.05, 4.69) is 5.32 Å². The van der Waals surface area contributed by atoms with Crippen molar-refractivity contribution < 1.29 is 9.66 Å². The van der Waals surface area contributed by atoms with E-state index < -0.39 is 0 Å². The number of thioether (sulfide) groups is 1. The Bertz CT molecular complexity index is 394.